The van der Waals surface area contributed by atoms with E-state index in [1.54, 1.807) is 7.11 Å². The van der Waals surface area contributed by atoms with Crippen molar-refractivity contribution in [1.82, 2.24) is 10.6 Å². The predicted molar refractivity (Wildman–Crippen MR) is 104 cm³/mol. The molecule has 0 aromatic heterocycles. The van der Waals surface area contributed by atoms with E-state index in [1.807, 2.05) is 45.9 Å². The molecule has 0 radical (unpaired) electrons. The number of carbonyl (C=O) groups excluding carboxylic acids is 1. The molecule has 0 bridgehead atoms. The minimum atomic E-state index is -0.489. The summed E-state index contributed by atoms with van der Waals surface area (Å²) >= 11 is 5.30. The van der Waals surface area contributed by atoms with E-state index in [4.69, 9.17) is 26.4 Å². The van der Waals surface area contributed by atoms with E-state index in [-0.39, 0.29) is 6.10 Å². The molecule has 0 saturated heterocycles. The van der Waals surface area contributed by atoms with Crippen molar-refractivity contribution >= 4 is 23.3 Å². The maximum Gasteiger partial charge on any atom is 0.338 e. The van der Waals surface area contributed by atoms with Crippen LogP contribution in [0.5, 0.6) is 11.5 Å². The van der Waals surface area contributed by atoms with Gasteiger partial charge in [0.1, 0.15) is 0 Å². The summed E-state index contributed by atoms with van der Waals surface area (Å²) in [5.41, 5.74) is 1.91. The van der Waals surface area contributed by atoms with Gasteiger partial charge in [-0.2, -0.15) is 0 Å². The number of nitrogens with one attached hydrogen (secondary N) is 2. The third kappa shape index (κ3) is 4.46. The molecule has 0 spiro atoms. The van der Waals surface area contributed by atoms with Crippen LogP contribution in [-0.2, 0) is 9.53 Å². The van der Waals surface area contributed by atoms with Crippen LogP contribution < -0.4 is 20.1 Å². The lowest BCUT2D eigenvalue weighted by molar-refractivity contribution is -0.143. The van der Waals surface area contributed by atoms with Crippen LogP contribution in [0.15, 0.2) is 29.5 Å². The topological polar surface area (TPSA) is 68.8 Å². The zero-order valence-corrected chi connectivity index (χ0v) is 16.7. The van der Waals surface area contributed by atoms with Crippen molar-refractivity contribution in [3.63, 3.8) is 0 Å². The number of allylic oxidation sites excluding steroid dienone is 1. The highest BCUT2D eigenvalue weighted by molar-refractivity contribution is 7.80. The Morgan fingerprint density at radius 1 is 1.35 bits per heavy atom. The molecule has 0 aliphatic carbocycles. The lowest BCUT2D eigenvalue weighted by Gasteiger charge is -2.31. The minimum absolute atomic E-state index is 0.224. The summed E-state index contributed by atoms with van der Waals surface area (Å²) in [4.78, 5) is 12.7. The molecule has 1 aliphatic rings. The summed E-state index contributed by atoms with van der Waals surface area (Å²) in [7, 11) is 1.59. The van der Waals surface area contributed by atoms with Crippen molar-refractivity contribution < 1.29 is 19.0 Å². The van der Waals surface area contributed by atoms with E-state index in [0.717, 1.165) is 12.0 Å². The molecule has 26 heavy (non-hydrogen) atoms. The number of benzene rings is 1. The van der Waals surface area contributed by atoms with Crippen molar-refractivity contribution in [2.24, 2.45) is 0 Å². The zero-order chi connectivity index (χ0) is 19.3. The van der Waals surface area contributed by atoms with Crippen LogP contribution in [-0.4, -0.2) is 30.9 Å². The zero-order valence-electron chi connectivity index (χ0n) is 15.8. The fourth-order valence-electron chi connectivity index (χ4n) is 2.75. The van der Waals surface area contributed by atoms with Gasteiger partial charge in [-0.1, -0.05) is 19.1 Å². The molecule has 1 aromatic carbocycles. The number of carbonyl (C=O) groups is 1. The SMILES string of the molecule is CCCOc1c(OC)cccc1C1NC(=S)NC(C)=C1C(=O)OC(C)C. The molecular formula is C19H26N2O4S. The number of para-hydroxylation sites is 1. The van der Waals surface area contributed by atoms with Gasteiger partial charge in [0.2, 0.25) is 0 Å². The fraction of sp³-hybridized carbons (Fsp3) is 0.474. The summed E-state index contributed by atoms with van der Waals surface area (Å²) in [6.45, 7) is 8.01. The molecule has 2 N–H and O–H groups in total. The first-order valence-electron chi connectivity index (χ1n) is 8.68. The second-order valence-electron chi connectivity index (χ2n) is 6.25. The van der Waals surface area contributed by atoms with Crippen molar-refractivity contribution in [2.75, 3.05) is 13.7 Å². The third-order valence-corrected chi connectivity index (χ3v) is 4.04. The minimum Gasteiger partial charge on any atom is -0.493 e. The van der Waals surface area contributed by atoms with Gasteiger partial charge in [-0.3, -0.25) is 0 Å². The first-order valence-corrected chi connectivity index (χ1v) is 9.08. The van der Waals surface area contributed by atoms with Crippen LogP contribution in [0.1, 0.15) is 45.7 Å². The van der Waals surface area contributed by atoms with Gasteiger partial charge in [-0.15, -0.1) is 0 Å². The molecule has 0 saturated carbocycles. The van der Waals surface area contributed by atoms with Gasteiger partial charge < -0.3 is 24.8 Å². The molecule has 0 fully saturated rings. The number of rotatable bonds is 7. The van der Waals surface area contributed by atoms with Gasteiger partial charge in [-0.25, -0.2) is 4.79 Å². The number of methoxy groups -OCH3 is 1. The predicted octanol–water partition coefficient (Wildman–Crippen LogP) is 3.23. The molecule has 7 heteroatoms. The summed E-state index contributed by atoms with van der Waals surface area (Å²) in [6, 6.07) is 5.10. The van der Waals surface area contributed by atoms with Gasteiger partial charge >= 0.3 is 5.97 Å². The number of thiocarbonyl (C=S) groups is 1. The molecule has 6 nitrogen and oxygen atoms in total. The number of hydrogen-bond donors (Lipinski definition) is 2. The second kappa shape index (κ2) is 8.89. The van der Waals surface area contributed by atoms with Gasteiger partial charge in [0.25, 0.3) is 0 Å². The van der Waals surface area contributed by atoms with Crippen LogP contribution in [0, 0.1) is 0 Å². The highest BCUT2D eigenvalue weighted by Crippen LogP contribution is 2.39. The van der Waals surface area contributed by atoms with Crippen molar-refractivity contribution in [3.8, 4) is 11.5 Å². The molecule has 142 valence electrons. The average molecular weight is 378 g/mol. The van der Waals surface area contributed by atoms with Gasteiger partial charge in [-0.05, 0) is 45.5 Å². The molecule has 0 amide bonds. The average Bonchev–Trinajstić information content (AvgIpc) is 2.58. The maximum atomic E-state index is 12.7. The van der Waals surface area contributed by atoms with Gasteiger partial charge in [0, 0.05) is 11.3 Å². The van der Waals surface area contributed by atoms with E-state index in [2.05, 4.69) is 10.6 Å². The van der Waals surface area contributed by atoms with Crippen LogP contribution in [0.25, 0.3) is 0 Å². The molecule has 2 rings (SSSR count). The molecular weight excluding hydrogens is 352 g/mol. The normalized spacial score (nSPS) is 16.8. The Labute approximate surface area is 159 Å². The van der Waals surface area contributed by atoms with Crippen LogP contribution >= 0.6 is 12.2 Å². The smallest absolute Gasteiger partial charge is 0.338 e. The highest BCUT2D eigenvalue weighted by atomic mass is 32.1. The summed E-state index contributed by atoms with van der Waals surface area (Å²) < 4.78 is 16.8. The van der Waals surface area contributed by atoms with E-state index in [1.165, 1.54) is 0 Å². The van der Waals surface area contributed by atoms with Crippen LogP contribution in [0.3, 0.4) is 0 Å². The Balaban J connectivity index is 2.54. The Morgan fingerprint density at radius 2 is 2.08 bits per heavy atom. The van der Waals surface area contributed by atoms with Crippen molar-refractivity contribution in [2.45, 2.75) is 46.3 Å². The third-order valence-electron chi connectivity index (χ3n) is 3.82. The molecule has 1 atom stereocenters. The highest BCUT2D eigenvalue weighted by Gasteiger charge is 2.34. The van der Waals surface area contributed by atoms with E-state index in [9.17, 15) is 4.79 Å². The van der Waals surface area contributed by atoms with Crippen LogP contribution in [0.2, 0.25) is 0 Å². The first kappa shape index (κ1) is 20.0. The van der Waals surface area contributed by atoms with Crippen molar-refractivity contribution in [3.05, 3.63) is 35.0 Å². The molecule has 1 aromatic rings. The number of ether oxygens (including phenoxy) is 3. The van der Waals surface area contributed by atoms with E-state index < -0.39 is 12.0 Å². The summed E-state index contributed by atoms with van der Waals surface area (Å²) in [5, 5.41) is 6.61. The maximum absolute atomic E-state index is 12.7. The monoisotopic (exact) mass is 378 g/mol. The van der Waals surface area contributed by atoms with E-state index >= 15 is 0 Å². The number of hydrogen-bond acceptors (Lipinski definition) is 5. The standard InChI is InChI=1S/C19H26N2O4S/c1-6-10-24-17-13(8-7-9-14(17)23-5)16-15(18(22)25-11(2)3)12(4)20-19(26)21-16/h7-9,11,16H,6,10H2,1-5H3,(H2,20,21,26). The Bertz CT molecular complexity index is 715. The van der Waals surface area contributed by atoms with Gasteiger partial charge in [0.05, 0.1) is 31.4 Å². The molecule has 1 unspecified atom stereocenters. The quantitative estimate of drug-likeness (QED) is 0.558. The number of esters is 1. The molecule has 1 aliphatic heterocycles. The second-order valence-corrected chi connectivity index (χ2v) is 6.66. The first-order chi connectivity index (χ1) is 12.4. The van der Waals surface area contributed by atoms with Crippen molar-refractivity contribution in [1.29, 1.82) is 0 Å². The summed E-state index contributed by atoms with van der Waals surface area (Å²) in [6.07, 6.45) is 0.630. The lowest BCUT2D eigenvalue weighted by atomic mass is 9.94. The largest absolute Gasteiger partial charge is 0.493 e. The summed E-state index contributed by atoms with van der Waals surface area (Å²) in [5.74, 6) is 0.812. The molecule has 1 heterocycles. The lowest BCUT2D eigenvalue weighted by Crippen LogP contribution is -2.45. The van der Waals surface area contributed by atoms with Crippen LogP contribution in [0.4, 0.5) is 0 Å². The van der Waals surface area contributed by atoms with E-state index in [0.29, 0.717) is 34.5 Å². The Kier molecular flexibility index (Phi) is 6.85. The van der Waals surface area contributed by atoms with Gasteiger partial charge in [0.15, 0.2) is 16.6 Å². The Hall–Kier alpha value is -2.28. The fourth-order valence-corrected chi connectivity index (χ4v) is 3.03. The Morgan fingerprint density at radius 3 is 2.69 bits per heavy atom.